The Balaban J connectivity index is 0.00000484. The molecule has 0 saturated carbocycles. The Morgan fingerprint density at radius 1 is 1.17 bits per heavy atom. The summed E-state index contributed by atoms with van der Waals surface area (Å²) in [5, 5.41) is 16.1. The van der Waals surface area contributed by atoms with E-state index in [0.29, 0.717) is 12.6 Å². The van der Waals surface area contributed by atoms with Crippen LogP contribution in [0.3, 0.4) is 0 Å². The molecule has 1 aromatic carbocycles. The van der Waals surface area contributed by atoms with Crippen LogP contribution >= 0.6 is 24.0 Å². The maximum atomic E-state index is 9.37. The number of rotatable bonds is 9. The number of aliphatic hydroxyl groups is 1. The van der Waals surface area contributed by atoms with E-state index in [1.807, 2.05) is 24.3 Å². The van der Waals surface area contributed by atoms with Crippen molar-refractivity contribution in [3.8, 4) is 0 Å². The Hall–Kier alpha value is -0.820. The summed E-state index contributed by atoms with van der Waals surface area (Å²) in [6, 6.07) is 8.30. The summed E-state index contributed by atoms with van der Waals surface area (Å²) >= 11 is 0. The molecule has 1 rings (SSSR count). The summed E-state index contributed by atoms with van der Waals surface area (Å²) in [5.41, 5.74) is 2.01. The van der Waals surface area contributed by atoms with E-state index in [1.165, 1.54) is 19.3 Å². The van der Waals surface area contributed by atoms with Gasteiger partial charge in [0, 0.05) is 12.6 Å². The van der Waals surface area contributed by atoms with Gasteiger partial charge in [0.2, 0.25) is 0 Å². The zero-order valence-electron chi connectivity index (χ0n) is 14.6. The van der Waals surface area contributed by atoms with Gasteiger partial charge in [0.05, 0.1) is 13.2 Å². The Bertz CT molecular complexity index is 452. The molecule has 1 unspecified atom stereocenters. The summed E-state index contributed by atoms with van der Waals surface area (Å²) in [5.74, 6) is 0.847. The molecule has 0 spiro atoms. The Morgan fingerprint density at radius 2 is 1.87 bits per heavy atom. The Kier molecular flexibility index (Phi) is 13.1. The number of hydrogen-bond acceptors (Lipinski definition) is 2. The highest BCUT2D eigenvalue weighted by Crippen LogP contribution is 2.10. The van der Waals surface area contributed by atoms with E-state index in [4.69, 9.17) is 0 Å². The number of halogens is 1. The average molecular weight is 433 g/mol. The standard InChI is InChI=1S/C18H31N3O.HI/c1-4-6-7-10-15(3)21-18(19-5-2)20-13-16-11-8-9-12-17(16)14-22;/h8-9,11-12,15,22H,4-7,10,13-14H2,1-3H3,(H2,19,20,21);1H. The van der Waals surface area contributed by atoms with Crippen molar-refractivity contribution in [1.82, 2.24) is 10.6 Å². The number of aliphatic imine (C=N–C) groups is 1. The first kappa shape index (κ1) is 22.2. The third-order valence-electron chi connectivity index (χ3n) is 3.66. The van der Waals surface area contributed by atoms with Gasteiger partial charge in [0.15, 0.2) is 5.96 Å². The summed E-state index contributed by atoms with van der Waals surface area (Å²) in [7, 11) is 0. The molecule has 132 valence electrons. The van der Waals surface area contributed by atoms with Gasteiger partial charge in [0.25, 0.3) is 0 Å². The zero-order chi connectivity index (χ0) is 16.2. The van der Waals surface area contributed by atoms with Crippen LogP contribution in [0.25, 0.3) is 0 Å². The van der Waals surface area contributed by atoms with Crippen LogP contribution in [0.4, 0.5) is 0 Å². The second-order valence-electron chi connectivity index (χ2n) is 5.66. The van der Waals surface area contributed by atoms with Crippen LogP contribution in [-0.4, -0.2) is 23.7 Å². The molecule has 0 saturated heterocycles. The van der Waals surface area contributed by atoms with Crippen molar-refractivity contribution in [2.45, 2.75) is 65.6 Å². The van der Waals surface area contributed by atoms with Crippen molar-refractivity contribution in [3.63, 3.8) is 0 Å². The monoisotopic (exact) mass is 433 g/mol. The minimum Gasteiger partial charge on any atom is -0.392 e. The predicted octanol–water partition coefficient (Wildman–Crippen LogP) is 3.82. The van der Waals surface area contributed by atoms with Crippen LogP contribution in [0.15, 0.2) is 29.3 Å². The highest BCUT2D eigenvalue weighted by atomic mass is 127. The van der Waals surface area contributed by atoms with E-state index < -0.39 is 0 Å². The van der Waals surface area contributed by atoms with Crippen LogP contribution in [0.1, 0.15) is 57.6 Å². The fourth-order valence-electron chi connectivity index (χ4n) is 2.36. The summed E-state index contributed by atoms with van der Waals surface area (Å²) in [6.07, 6.45) is 4.94. The predicted molar refractivity (Wildman–Crippen MR) is 109 cm³/mol. The third-order valence-corrected chi connectivity index (χ3v) is 3.66. The number of nitrogens with zero attached hydrogens (tertiary/aromatic N) is 1. The zero-order valence-corrected chi connectivity index (χ0v) is 17.0. The van der Waals surface area contributed by atoms with Gasteiger partial charge in [-0.2, -0.15) is 0 Å². The molecular weight excluding hydrogens is 401 g/mol. The molecule has 0 aromatic heterocycles. The van der Waals surface area contributed by atoms with Gasteiger partial charge in [-0.05, 0) is 31.4 Å². The summed E-state index contributed by atoms with van der Waals surface area (Å²) in [6.45, 7) is 7.97. The van der Waals surface area contributed by atoms with Crippen LogP contribution in [0, 0.1) is 0 Å². The van der Waals surface area contributed by atoms with Crippen molar-refractivity contribution in [2.24, 2.45) is 4.99 Å². The lowest BCUT2D eigenvalue weighted by atomic mass is 10.1. The topological polar surface area (TPSA) is 56.7 Å². The van der Waals surface area contributed by atoms with Gasteiger partial charge in [0.1, 0.15) is 0 Å². The SMILES string of the molecule is CCCCCC(C)NC(=NCc1ccccc1CO)NCC.I. The smallest absolute Gasteiger partial charge is 0.191 e. The molecule has 0 heterocycles. The summed E-state index contributed by atoms with van der Waals surface area (Å²) < 4.78 is 0. The molecule has 0 aliphatic rings. The third kappa shape index (κ3) is 9.15. The molecule has 3 N–H and O–H groups in total. The fraction of sp³-hybridized carbons (Fsp3) is 0.611. The first-order valence-corrected chi connectivity index (χ1v) is 8.43. The first-order valence-electron chi connectivity index (χ1n) is 8.43. The lowest BCUT2D eigenvalue weighted by molar-refractivity contribution is 0.280. The first-order chi connectivity index (χ1) is 10.7. The van der Waals surface area contributed by atoms with Crippen LogP contribution in [0.5, 0.6) is 0 Å². The minimum absolute atomic E-state index is 0. The van der Waals surface area contributed by atoms with E-state index in [-0.39, 0.29) is 30.6 Å². The maximum Gasteiger partial charge on any atom is 0.191 e. The molecule has 0 aliphatic carbocycles. The Labute approximate surface area is 158 Å². The van der Waals surface area contributed by atoms with Gasteiger partial charge in [-0.15, -0.1) is 24.0 Å². The number of hydrogen-bond donors (Lipinski definition) is 3. The minimum atomic E-state index is 0. The van der Waals surface area contributed by atoms with Gasteiger partial charge < -0.3 is 15.7 Å². The second kappa shape index (κ2) is 13.6. The van der Waals surface area contributed by atoms with E-state index in [0.717, 1.165) is 30.1 Å². The lowest BCUT2D eigenvalue weighted by Crippen LogP contribution is -2.42. The average Bonchev–Trinajstić information content (AvgIpc) is 2.53. The number of unbranched alkanes of at least 4 members (excludes halogenated alkanes) is 2. The van der Waals surface area contributed by atoms with E-state index >= 15 is 0 Å². The number of aliphatic hydroxyl groups excluding tert-OH is 1. The molecule has 5 heteroatoms. The lowest BCUT2D eigenvalue weighted by Gasteiger charge is -2.18. The van der Waals surface area contributed by atoms with Crippen molar-refractivity contribution < 1.29 is 5.11 Å². The van der Waals surface area contributed by atoms with Crippen molar-refractivity contribution in [1.29, 1.82) is 0 Å². The molecular formula is C18H32IN3O. The molecule has 4 nitrogen and oxygen atoms in total. The number of guanidine groups is 1. The van der Waals surface area contributed by atoms with Crippen LogP contribution < -0.4 is 10.6 Å². The largest absolute Gasteiger partial charge is 0.392 e. The van der Waals surface area contributed by atoms with Gasteiger partial charge in [-0.1, -0.05) is 50.5 Å². The van der Waals surface area contributed by atoms with Crippen LogP contribution in [0.2, 0.25) is 0 Å². The molecule has 0 aliphatic heterocycles. The molecule has 0 amide bonds. The van der Waals surface area contributed by atoms with Crippen LogP contribution in [-0.2, 0) is 13.2 Å². The highest BCUT2D eigenvalue weighted by Gasteiger charge is 2.05. The fourth-order valence-corrected chi connectivity index (χ4v) is 2.36. The van der Waals surface area contributed by atoms with E-state index in [2.05, 4.69) is 36.4 Å². The Morgan fingerprint density at radius 3 is 2.48 bits per heavy atom. The summed E-state index contributed by atoms with van der Waals surface area (Å²) in [4.78, 5) is 4.64. The molecule has 0 bridgehead atoms. The molecule has 0 fully saturated rings. The number of benzene rings is 1. The molecule has 0 radical (unpaired) electrons. The van der Waals surface area contributed by atoms with Crippen molar-refractivity contribution in [3.05, 3.63) is 35.4 Å². The maximum absolute atomic E-state index is 9.37. The van der Waals surface area contributed by atoms with E-state index in [1.54, 1.807) is 0 Å². The van der Waals surface area contributed by atoms with E-state index in [9.17, 15) is 5.11 Å². The second-order valence-corrected chi connectivity index (χ2v) is 5.66. The van der Waals surface area contributed by atoms with Gasteiger partial charge in [-0.25, -0.2) is 4.99 Å². The highest BCUT2D eigenvalue weighted by molar-refractivity contribution is 14.0. The molecule has 1 atom stereocenters. The molecule has 1 aromatic rings. The van der Waals surface area contributed by atoms with Gasteiger partial charge >= 0.3 is 0 Å². The number of nitrogens with one attached hydrogen (secondary N) is 2. The normalized spacial score (nSPS) is 12.4. The molecule has 23 heavy (non-hydrogen) atoms. The quantitative estimate of drug-likeness (QED) is 0.240. The van der Waals surface area contributed by atoms with Crippen molar-refractivity contribution >= 4 is 29.9 Å². The van der Waals surface area contributed by atoms with Crippen molar-refractivity contribution in [2.75, 3.05) is 6.54 Å². The van der Waals surface area contributed by atoms with Gasteiger partial charge in [-0.3, -0.25) is 0 Å².